The van der Waals surface area contributed by atoms with E-state index in [9.17, 15) is 0 Å². The van der Waals surface area contributed by atoms with E-state index >= 15 is 0 Å². The number of aromatic nitrogens is 2. The number of nitriles is 1. The van der Waals surface area contributed by atoms with E-state index in [4.69, 9.17) is 5.26 Å². The van der Waals surface area contributed by atoms with Crippen molar-refractivity contribution in [3.05, 3.63) is 23.3 Å². The molecule has 0 bridgehead atoms. The third-order valence-corrected chi connectivity index (χ3v) is 3.34. The van der Waals surface area contributed by atoms with Gasteiger partial charge in [-0.1, -0.05) is 6.42 Å². The lowest BCUT2D eigenvalue weighted by molar-refractivity contribution is 0.409. The van der Waals surface area contributed by atoms with E-state index in [-0.39, 0.29) is 0 Å². The smallest absolute Gasteiger partial charge is 0.144 e. The van der Waals surface area contributed by atoms with Crippen molar-refractivity contribution >= 4 is 0 Å². The monoisotopic (exact) mass is 199 g/mol. The molecule has 3 rings (SSSR count). The normalized spacial score (nSPS) is 20.7. The quantitative estimate of drug-likeness (QED) is 0.735. The Morgan fingerprint density at radius 1 is 1.13 bits per heavy atom. The van der Waals surface area contributed by atoms with Gasteiger partial charge in [0, 0.05) is 17.5 Å². The molecule has 0 N–H and O–H groups in total. The van der Waals surface area contributed by atoms with Crippen LogP contribution in [-0.4, -0.2) is 9.97 Å². The summed E-state index contributed by atoms with van der Waals surface area (Å²) in [6.45, 7) is 0. The molecule has 3 heteroatoms. The average Bonchev–Trinajstić information content (AvgIpc) is 2.97. The number of rotatable bonds is 2. The van der Waals surface area contributed by atoms with Crippen molar-refractivity contribution in [1.82, 2.24) is 9.97 Å². The summed E-state index contributed by atoms with van der Waals surface area (Å²) in [5, 5.41) is 8.92. The highest BCUT2D eigenvalue weighted by atomic mass is 14.9. The molecule has 0 radical (unpaired) electrons. The Balaban J connectivity index is 1.98. The minimum absolute atomic E-state index is 0.539. The molecule has 1 heterocycles. The Labute approximate surface area is 89.2 Å². The molecule has 3 nitrogen and oxygen atoms in total. The standard InChI is InChI=1S/C12H13N3/c13-7-10-6-11(8-2-1-3-8)15-12(14-10)9-4-5-9/h6,8-9H,1-5H2. The molecule has 1 aromatic heterocycles. The van der Waals surface area contributed by atoms with Crippen LogP contribution in [0.5, 0.6) is 0 Å². The Kier molecular flexibility index (Phi) is 1.95. The molecular formula is C12H13N3. The number of hydrogen-bond acceptors (Lipinski definition) is 3. The average molecular weight is 199 g/mol. The van der Waals surface area contributed by atoms with E-state index < -0.39 is 0 Å². The first-order valence-corrected chi connectivity index (χ1v) is 5.66. The SMILES string of the molecule is N#Cc1cc(C2CCC2)nc(C2CC2)n1. The van der Waals surface area contributed by atoms with Crippen LogP contribution in [0.3, 0.4) is 0 Å². The Bertz CT molecular complexity index is 425. The van der Waals surface area contributed by atoms with Crippen molar-refractivity contribution in [3.8, 4) is 6.07 Å². The largest absolute Gasteiger partial charge is 0.237 e. The third-order valence-electron chi connectivity index (χ3n) is 3.34. The lowest BCUT2D eigenvalue weighted by Crippen LogP contribution is -2.12. The van der Waals surface area contributed by atoms with Crippen LogP contribution in [0.15, 0.2) is 6.07 Å². The van der Waals surface area contributed by atoms with E-state index in [1.807, 2.05) is 6.07 Å². The lowest BCUT2D eigenvalue weighted by Gasteiger charge is -2.24. The lowest BCUT2D eigenvalue weighted by atomic mass is 9.82. The van der Waals surface area contributed by atoms with E-state index in [0.717, 1.165) is 11.5 Å². The summed E-state index contributed by atoms with van der Waals surface area (Å²) in [4.78, 5) is 8.89. The van der Waals surface area contributed by atoms with Gasteiger partial charge in [-0.2, -0.15) is 5.26 Å². The van der Waals surface area contributed by atoms with E-state index in [1.165, 1.54) is 32.1 Å². The molecule has 2 saturated carbocycles. The number of nitrogens with zero attached hydrogens (tertiary/aromatic N) is 3. The van der Waals surface area contributed by atoms with Crippen molar-refractivity contribution in [2.45, 2.75) is 43.9 Å². The van der Waals surface area contributed by atoms with Crippen LogP contribution in [-0.2, 0) is 0 Å². The third kappa shape index (κ3) is 1.61. The van der Waals surface area contributed by atoms with Crippen LogP contribution in [0.4, 0.5) is 0 Å². The van der Waals surface area contributed by atoms with E-state index in [0.29, 0.717) is 17.5 Å². The van der Waals surface area contributed by atoms with Crippen LogP contribution in [0, 0.1) is 11.3 Å². The van der Waals surface area contributed by atoms with Gasteiger partial charge in [0.25, 0.3) is 0 Å². The maximum absolute atomic E-state index is 8.92. The summed E-state index contributed by atoms with van der Waals surface area (Å²) in [5.41, 5.74) is 1.66. The Morgan fingerprint density at radius 3 is 2.47 bits per heavy atom. The second-order valence-corrected chi connectivity index (χ2v) is 4.55. The molecule has 0 spiro atoms. The molecule has 76 valence electrons. The molecule has 0 amide bonds. The maximum atomic E-state index is 8.92. The fourth-order valence-corrected chi connectivity index (χ4v) is 1.98. The summed E-state index contributed by atoms with van der Waals surface area (Å²) in [6, 6.07) is 4.01. The van der Waals surface area contributed by atoms with Crippen LogP contribution < -0.4 is 0 Å². The van der Waals surface area contributed by atoms with Gasteiger partial charge in [-0.15, -0.1) is 0 Å². The Morgan fingerprint density at radius 2 is 1.93 bits per heavy atom. The molecule has 1 aromatic rings. The van der Waals surface area contributed by atoms with Gasteiger partial charge in [-0.05, 0) is 31.7 Å². The second kappa shape index (κ2) is 3.30. The van der Waals surface area contributed by atoms with Crippen molar-refractivity contribution < 1.29 is 0 Å². The summed E-state index contributed by atoms with van der Waals surface area (Å²) < 4.78 is 0. The van der Waals surface area contributed by atoms with Crippen molar-refractivity contribution in [2.24, 2.45) is 0 Å². The van der Waals surface area contributed by atoms with Gasteiger partial charge in [0.15, 0.2) is 0 Å². The van der Waals surface area contributed by atoms with Gasteiger partial charge in [-0.3, -0.25) is 0 Å². The molecule has 2 fully saturated rings. The van der Waals surface area contributed by atoms with E-state index in [1.54, 1.807) is 0 Å². The van der Waals surface area contributed by atoms with Gasteiger partial charge in [-0.25, -0.2) is 9.97 Å². The molecule has 0 aliphatic heterocycles. The fourth-order valence-electron chi connectivity index (χ4n) is 1.98. The van der Waals surface area contributed by atoms with Crippen molar-refractivity contribution in [3.63, 3.8) is 0 Å². The molecule has 2 aliphatic carbocycles. The van der Waals surface area contributed by atoms with Gasteiger partial charge >= 0.3 is 0 Å². The summed E-state index contributed by atoms with van der Waals surface area (Å²) in [7, 11) is 0. The number of hydrogen-bond donors (Lipinski definition) is 0. The van der Waals surface area contributed by atoms with Crippen LogP contribution >= 0.6 is 0 Å². The first kappa shape index (κ1) is 8.84. The van der Waals surface area contributed by atoms with Crippen LogP contribution in [0.25, 0.3) is 0 Å². The summed E-state index contributed by atoms with van der Waals surface area (Å²) in [5.74, 6) is 2.05. The highest BCUT2D eigenvalue weighted by molar-refractivity contribution is 5.27. The van der Waals surface area contributed by atoms with Gasteiger partial charge in [0.2, 0.25) is 0 Å². The molecule has 15 heavy (non-hydrogen) atoms. The van der Waals surface area contributed by atoms with E-state index in [2.05, 4.69) is 16.0 Å². The predicted molar refractivity (Wildman–Crippen MR) is 55.3 cm³/mol. The van der Waals surface area contributed by atoms with Gasteiger partial charge in [0.1, 0.15) is 17.6 Å². The molecule has 0 atom stereocenters. The zero-order valence-corrected chi connectivity index (χ0v) is 8.61. The molecule has 0 aromatic carbocycles. The van der Waals surface area contributed by atoms with Crippen molar-refractivity contribution in [1.29, 1.82) is 5.26 Å². The zero-order valence-electron chi connectivity index (χ0n) is 8.61. The summed E-state index contributed by atoms with van der Waals surface area (Å²) in [6.07, 6.45) is 6.14. The topological polar surface area (TPSA) is 49.6 Å². The molecular weight excluding hydrogens is 186 g/mol. The minimum Gasteiger partial charge on any atom is -0.237 e. The first-order valence-electron chi connectivity index (χ1n) is 5.66. The fraction of sp³-hybridized carbons (Fsp3) is 0.583. The molecule has 0 unspecified atom stereocenters. The molecule has 0 saturated heterocycles. The predicted octanol–water partition coefficient (Wildman–Crippen LogP) is 2.49. The van der Waals surface area contributed by atoms with Crippen molar-refractivity contribution in [2.75, 3.05) is 0 Å². The highest BCUT2D eigenvalue weighted by Gasteiger charge is 2.29. The zero-order chi connectivity index (χ0) is 10.3. The second-order valence-electron chi connectivity index (χ2n) is 4.55. The summed E-state index contributed by atoms with van der Waals surface area (Å²) >= 11 is 0. The van der Waals surface area contributed by atoms with Crippen LogP contribution in [0.2, 0.25) is 0 Å². The first-order chi connectivity index (χ1) is 7.36. The molecule has 2 aliphatic rings. The van der Waals surface area contributed by atoms with Crippen LogP contribution in [0.1, 0.15) is 61.2 Å². The maximum Gasteiger partial charge on any atom is 0.144 e. The minimum atomic E-state index is 0.539. The van der Waals surface area contributed by atoms with Gasteiger partial charge < -0.3 is 0 Å². The van der Waals surface area contributed by atoms with Gasteiger partial charge in [0.05, 0.1) is 0 Å². The Hall–Kier alpha value is -1.43. The highest BCUT2D eigenvalue weighted by Crippen LogP contribution is 2.40.